The van der Waals surface area contributed by atoms with Crippen LogP contribution in [-0.2, 0) is 10.0 Å². The summed E-state index contributed by atoms with van der Waals surface area (Å²) in [4.78, 5) is 0.783. The van der Waals surface area contributed by atoms with Crippen LogP contribution in [0.15, 0.2) is 52.3 Å². The fourth-order valence-corrected chi connectivity index (χ4v) is 3.28. The van der Waals surface area contributed by atoms with Gasteiger partial charge >= 0.3 is 0 Å². The minimum atomic E-state index is -3.84. The lowest BCUT2D eigenvalue weighted by Gasteiger charge is -2.10. The smallest absolute Gasteiger partial charge is 0.263 e. The second kappa shape index (κ2) is 5.72. The molecule has 20 heavy (non-hydrogen) atoms. The molecular weight excluding hydrogens is 299 g/mol. The molecular formula is C13H13FN2O2S2. The number of hydrogen-bond donors (Lipinski definition) is 2. The van der Waals surface area contributed by atoms with Crippen LogP contribution in [0.25, 0.3) is 0 Å². The Hall–Kier alpha value is -1.73. The zero-order chi connectivity index (χ0) is 14.8. The van der Waals surface area contributed by atoms with Crippen molar-refractivity contribution in [1.29, 1.82) is 0 Å². The lowest BCUT2D eigenvalue weighted by Crippen LogP contribution is -2.15. The molecule has 4 nitrogen and oxygen atoms in total. The minimum absolute atomic E-state index is 0.126. The third-order valence-electron chi connectivity index (χ3n) is 2.58. The van der Waals surface area contributed by atoms with Gasteiger partial charge in [-0.1, -0.05) is 6.07 Å². The Morgan fingerprint density at radius 3 is 2.60 bits per heavy atom. The summed E-state index contributed by atoms with van der Waals surface area (Å²) < 4.78 is 39.8. The maximum atomic E-state index is 13.0. The molecule has 0 aliphatic carbocycles. The van der Waals surface area contributed by atoms with Crippen LogP contribution in [0.5, 0.6) is 0 Å². The van der Waals surface area contributed by atoms with Gasteiger partial charge in [0.1, 0.15) is 10.7 Å². The number of nitrogen functional groups attached to an aromatic ring is 1. The van der Waals surface area contributed by atoms with Gasteiger partial charge in [-0.15, -0.1) is 11.8 Å². The summed E-state index contributed by atoms with van der Waals surface area (Å²) >= 11 is 1.50. The largest absolute Gasteiger partial charge is 0.398 e. The van der Waals surface area contributed by atoms with Crippen LogP contribution in [0.3, 0.4) is 0 Å². The molecule has 0 radical (unpaired) electrons. The highest BCUT2D eigenvalue weighted by Crippen LogP contribution is 2.24. The van der Waals surface area contributed by atoms with E-state index >= 15 is 0 Å². The molecule has 0 amide bonds. The van der Waals surface area contributed by atoms with E-state index in [2.05, 4.69) is 4.72 Å². The molecule has 3 N–H and O–H groups in total. The molecule has 0 fully saturated rings. The average Bonchev–Trinajstić information content (AvgIpc) is 2.37. The molecule has 0 unspecified atom stereocenters. The number of anilines is 2. The number of nitrogens with two attached hydrogens (primary N) is 1. The molecule has 106 valence electrons. The number of rotatable bonds is 4. The maximum absolute atomic E-state index is 13.0. The van der Waals surface area contributed by atoms with E-state index in [0.717, 1.165) is 23.1 Å². The summed E-state index contributed by atoms with van der Waals surface area (Å²) in [6.07, 6.45) is 1.89. The van der Waals surface area contributed by atoms with Gasteiger partial charge in [-0.2, -0.15) is 0 Å². The molecule has 0 saturated carbocycles. The molecule has 0 saturated heterocycles. The summed E-state index contributed by atoms with van der Waals surface area (Å²) in [5, 5.41) is 0. The Bertz CT molecular complexity index is 733. The maximum Gasteiger partial charge on any atom is 0.263 e. The standard InChI is InChI=1S/C13H13FN2O2S2/c1-19-11-4-2-3-10(8-11)16-20(17,18)13-6-5-9(14)7-12(13)15/h2-8,16H,15H2,1H3. The summed E-state index contributed by atoms with van der Waals surface area (Å²) in [5.41, 5.74) is 5.86. The molecule has 7 heteroatoms. The predicted octanol–water partition coefficient (Wildman–Crippen LogP) is 2.93. The Labute approximate surface area is 121 Å². The van der Waals surface area contributed by atoms with Crippen LogP contribution >= 0.6 is 11.8 Å². The Balaban J connectivity index is 2.35. The van der Waals surface area contributed by atoms with Gasteiger partial charge in [0.2, 0.25) is 0 Å². The zero-order valence-corrected chi connectivity index (χ0v) is 12.3. The Morgan fingerprint density at radius 1 is 1.20 bits per heavy atom. The van der Waals surface area contributed by atoms with Crippen LogP contribution in [-0.4, -0.2) is 14.7 Å². The lowest BCUT2D eigenvalue weighted by atomic mass is 10.3. The number of benzene rings is 2. The molecule has 2 aromatic carbocycles. The third kappa shape index (κ3) is 3.23. The molecule has 0 aliphatic heterocycles. The lowest BCUT2D eigenvalue weighted by molar-refractivity contribution is 0.600. The van der Waals surface area contributed by atoms with Crippen molar-refractivity contribution in [3.63, 3.8) is 0 Å². The van der Waals surface area contributed by atoms with Crippen molar-refractivity contribution in [1.82, 2.24) is 0 Å². The predicted molar refractivity (Wildman–Crippen MR) is 79.8 cm³/mol. The molecule has 0 spiro atoms. The molecule has 0 aromatic heterocycles. The Kier molecular flexibility index (Phi) is 4.20. The molecule has 2 aromatic rings. The van der Waals surface area contributed by atoms with E-state index < -0.39 is 15.8 Å². The van der Waals surface area contributed by atoms with E-state index in [1.165, 1.54) is 11.8 Å². The van der Waals surface area contributed by atoms with Gasteiger partial charge in [-0.05, 0) is 42.7 Å². The van der Waals surface area contributed by atoms with Gasteiger partial charge in [0, 0.05) is 10.6 Å². The number of nitrogens with one attached hydrogen (secondary N) is 1. The summed E-state index contributed by atoms with van der Waals surface area (Å²) in [6.45, 7) is 0. The highest BCUT2D eigenvalue weighted by molar-refractivity contribution is 7.98. The van der Waals surface area contributed by atoms with E-state index in [1.54, 1.807) is 18.2 Å². The van der Waals surface area contributed by atoms with E-state index in [-0.39, 0.29) is 10.6 Å². The Morgan fingerprint density at radius 2 is 1.95 bits per heavy atom. The second-order valence-corrected chi connectivity index (χ2v) is 6.55. The molecule has 0 bridgehead atoms. The monoisotopic (exact) mass is 312 g/mol. The first-order valence-corrected chi connectivity index (χ1v) is 8.35. The van der Waals surface area contributed by atoms with Gasteiger partial charge in [-0.3, -0.25) is 4.72 Å². The van der Waals surface area contributed by atoms with Crippen molar-refractivity contribution in [2.75, 3.05) is 16.7 Å². The third-order valence-corrected chi connectivity index (χ3v) is 4.76. The minimum Gasteiger partial charge on any atom is -0.398 e. The van der Waals surface area contributed by atoms with E-state index in [4.69, 9.17) is 5.73 Å². The molecule has 0 atom stereocenters. The van der Waals surface area contributed by atoms with Crippen LogP contribution in [0.1, 0.15) is 0 Å². The summed E-state index contributed by atoms with van der Waals surface area (Å²) in [5.74, 6) is -0.578. The topological polar surface area (TPSA) is 72.2 Å². The van der Waals surface area contributed by atoms with Crippen molar-refractivity contribution in [3.8, 4) is 0 Å². The zero-order valence-electron chi connectivity index (χ0n) is 10.6. The van der Waals surface area contributed by atoms with Gasteiger partial charge in [-0.25, -0.2) is 12.8 Å². The van der Waals surface area contributed by atoms with Gasteiger partial charge < -0.3 is 5.73 Å². The summed E-state index contributed by atoms with van der Waals surface area (Å²) in [6, 6.07) is 10.1. The number of sulfonamides is 1. The number of thioether (sulfide) groups is 1. The molecule has 0 aliphatic rings. The van der Waals surface area contributed by atoms with Gasteiger partial charge in [0.15, 0.2) is 0 Å². The normalized spacial score (nSPS) is 11.3. The average molecular weight is 312 g/mol. The second-order valence-electron chi connectivity index (χ2n) is 4.02. The van der Waals surface area contributed by atoms with Crippen molar-refractivity contribution >= 4 is 33.2 Å². The highest BCUT2D eigenvalue weighted by Gasteiger charge is 2.18. The van der Waals surface area contributed by atoms with Crippen molar-refractivity contribution < 1.29 is 12.8 Å². The molecule has 0 heterocycles. The van der Waals surface area contributed by atoms with Crippen molar-refractivity contribution in [2.45, 2.75) is 9.79 Å². The number of hydrogen-bond acceptors (Lipinski definition) is 4. The van der Waals surface area contributed by atoms with Crippen molar-refractivity contribution in [2.24, 2.45) is 0 Å². The first-order valence-electron chi connectivity index (χ1n) is 5.64. The first-order chi connectivity index (χ1) is 9.42. The van der Waals surface area contributed by atoms with Crippen LogP contribution in [0, 0.1) is 5.82 Å². The molecule has 2 rings (SSSR count). The van der Waals surface area contributed by atoms with E-state index in [9.17, 15) is 12.8 Å². The van der Waals surface area contributed by atoms with Gasteiger partial charge in [0.25, 0.3) is 10.0 Å². The van der Waals surface area contributed by atoms with E-state index in [1.807, 2.05) is 12.3 Å². The highest BCUT2D eigenvalue weighted by atomic mass is 32.2. The van der Waals surface area contributed by atoms with Gasteiger partial charge in [0.05, 0.1) is 5.69 Å². The van der Waals surface area contributed by atoms with E-state index in [0.29, 0.717) is 5.69 Å². The fourth-order valence-electron chi connectivity index (χ4n) is 1.66. The van der Waals surface area contributed by atoms with Crippen LogP contribution < -0.4 is 10.5 Å². The van der Waals surface area contributed by atoms with Crippen molar-refractivity contribution in [3.05, 3.63) is 48.3 Å². The van der Waals surface area contributed by atoms with Crippen LogP contribution in [0.2, 0.25) is 0 Å². The quantitative estimate of drug-likeness (QED) is 0.672. The SMILES string of the molecule is CSc1cccc(NS(=O)(=O)c2ccc(F)cc2N)c1. The number of halogens is 1. The fraction of sp³-hybridized carbons (Fsp3) is 0.0769. The first kappa shape index (κ1) is 14.7. The van der Waals surface area contributed by atoms with Crippen LogP contribution in [0.4, 0.5) is 15.8 Å². The summed E-state index contributed by atoms with van der Waals surface area (Å²) in [7, 11) is -3.84.